The molecule has 0 aliphatic rings. The van der Waals surface area contributed by atoms with Gasteiger partial charge in [-0.2, -0.15) is 0 Å². The molecule has 7 heteroatoms. The lowest BCUT2D eigenvalue weighted by atomic mass is 10.1. The first-order valence-corrected chi connectivity index (χ1v) is 8.64. The summed E-state index contributed by atoms with van der Waals surface area (Å²) >= 11 is 6.15. The van der Waals surface area contributed by atoms with Crippen molar-refractivity contribution in [2.24, 2.45) is 5.16 Å². The van der Waals surface area contributed by atoms with E-state index in [1.807, 2.05) is 49.4 Å². The molecule has 0 saturated carbocycles. The van der Waals surface area contributed by atoms with Crippen LogP contribution in [0.2, 0.25) is 5.02 Å². The largest absolute Gasteiger partial charge is 0.444 e. The fraction of sp³-hybridized carbons (Fsp3) is 0.150. The van der Waals surface area contributed by atoms with Crippen LogP contribution in [0.4, 0.5) is 5.69 Å². The number of carbonyl (C=O) groups excluding carboxylic acids is 1. The Morgan fingerprint density at radius 2 is 2.04 bits per heavy atom. The highest BCUT2D eigenvalue weighted by atomic mass is 35.5. The fourth-order valence-corrected chi connectivity index (χ4v) is 2.62. The van der Waals surface area contributed by atoms with Crippen LogP contribution in [-0.4, -0.2) is 16.6 Å². The molecule has 0 bridgehead atoms. The molecule has 1 heterocycles. The molecule has 3 rings (SSSR count). The van der Waals surface area contributed by atoms with Crippen LogP contribution >= 0.6 is 11.6 Å². The highest BCUT2D eigenvalue weighted by Gasteiger charge is 2.10. The summed E-state index contributed by atoms with van der Waals surface area (Å²) in [7, 11) is 0. The van der Waals surface area contributed by atoms with E-state index in [0.717, 1.165) is 11.1 Å². The van der Waals surface area contributed by atoms with E-state index in [2.05, 4.69) is 15.5 Å². The molecule has 0 spiro atoms. The van der Waals surface area contributed by atoms with Crippen molar-refractivity contribution in [2.45, 2.75) is 20.5 Å². The summed E-state index contributed by atoms with van der Waals surface area (Å²) in [5.74, 6) is 0.307. The molecule has 0 saturated heterocycles. The van der Waals surface area contributed by atoms with Gasteiger partial charge in [0.25, 0.3) is 0 Å². The van der Waals surface area contributed by atoms with Gasteiger partial charge in [-0.25, -0.2) is 4.98 Å². The highest BCUT2D eigenvalue weighted by Crippen LogP contribution is 2.26. The highest BCUT2D eigenvalue weighted by molar-refractivity contribution is 6.33. The minimum Gasteiger partial charge on any atom is -0.444 e. The Morgan fingerprint density at radius 1 is 1.22 bits per heavy atom. The molecule has 2 aromatic carbocycles. The molecular weight excluding hydrogens is 366 g/mol. The number of nitrogens with one attached hydrogen (secondary N) is 1. The third-order valence-electron chi connectivity index (χ3n) is 3.67. The number of benzene rings is 2. The number of carbonyl (C=O) groups is 1. The number of rotatable bonds is 6. The summed E-state index contributed by atoms with van der Waals surface area (Å²) in [4.78, 5) is 20.9. The van der Waals surface area contributed by atoms with Gasteiger partial charge in [0.2, 0.25) is 11.8 Å². The van der Waals surface area contributed by atoms with E-state index in [9.17, 15) is 4.79 Å². The summed E-state index contributed by atoms with van der Waals surface area (Å²) in [6, 6.07) is 14.7. The smallest absolute Gasteiger partial charge is 0.227 e. The van der Waals surface area contributed by atoms with Gasteiger partial charge in [0, 0.05) is 18.2 Å². The van der Waals surface area contributed by atoms with Crippen LogP contribution in [0.15, 0.2) is 64.4 Å². The molecule has 1 N–H and O–H groups in total. The number of hydrogen-bond donors (Lipinski definition) is 1. The van der Waals surface area contributed by atoms with Gasteiger partial charge in [-0.1, -0.05) is 41.0 Å². The summed E-state index contributed by atoms with van der Waals surface area (Å²) in [5, 5.41) is 7.41. The van der Waals surface area contributed by atoms with E-state index in [4.69, 9.17) is 20.9 Å². The summed E-state index contributed by atoms with van der Waals surface area (Å²) < 4.78 is 5.46. The SMILES string of the molecule is CC(=O)Nc1cccc(/C(C)=N/OCc2coc(-c3ccccc3Cl)n2)c1. The number of oxazole rings is 1. The quantitative estimate of drug-likeness (QED) is 0.485. The Balaban J connectivity index is 1.64. The molecule has 3 aromatic rings. The Morgan fingerprint density at radius 3 is 2.81 bits per heavy atom. The molecule has 27 heavy (non-hydrogen) atoms. The van der Waals surface area contributed by atoms with Crippen molar-refractivity contribution < 1.29 is 14.0 Å². The minimum absolute atomic E-state index is 0.127. The predicted octanol–water partition coefficient (Wildman–Crippen LogP) is 4.89. The van der Waals surface area contributed by atoms with E-state index >= 15 is 0 Å². The van der Waals surface area contributed by atoms with E-state index < -0.39 is 0 Å². The molecule has 1 amide bonds. The maximum Gasteiger partial charge on any atom is 0.227 e. The second kappa shape index (κ2) is 8.51. The Bertz CT molecular complexity index is 982. The normalized spacial score (nSPS) is 11.3. The molecule has 0 aliphatic heterocycles. The monoisotopic (exact) mass is 383 g/mol. The zero-order chi connectivity index (χ0) is 19.2. The topological polar surface area (TPSA) is 76.7 Å². The third kappa shape index (κ3) is 4.95. The van der Waals surface area contributed by atoms with Crippen molar-refractivity contribution in [3.05, 3.63) is 71.1 Å². The van der Waals surface area contributed by atoms with Crippen molar-refractivity contribution >= 4 is 28.9 Å². The maximum absolute atomic E-state index is 11.2. The number of nitrogens with zero attached hydrogens (tertiary/aromatic N) is 2. The molecule has 6 nitrogen and oxygen atoms in total. The van der Waals surface area contributed by atoms with Gasteiger partial charge in [0.15, 0.2) is 6.61 Å². The third-order valence-corrected chi connectivity index (χ3v) is 4.00. The molecule has 0 aliphatic carbocycles. The summed E-state index contributed by atoms with van der Waals surface area (Å²) in [5.41, 5.74) is 3.55. The van der Waals surface area contributed by atoms with Crippen LogP contribution in [0, 0.1) is 0 Å². The van der Waals surface area contributed by atoms with E-state index in [-0.39, 0.29) is 12.5 Å². The van der Waals surface area contributed by atoms with Gasteiger partial charge in [-0.3, -0.25) is 4.79 Å². The molecule has 0 atom stereocenters. The molecule has 0 fully saturated rings. The number of anilines is 1. The van der Waals surface area contributed by atoms with Gasteiger partial charge >= 0.3 is 0 Å². The number of amides is 1. The number of oxime groups is 1. The minimum atomic E-state index is -0.127. The summed E-state index contributed by atoms with van der Waals surface area (Å²) in [6.45, 7) is 3.45. The molecule has 0 unspecified atom stereocenters. The van der Waals surface area contributed by atoms with Crippen molar-refractivity contribution in [1.29, 1.82) is 0 Å². The van der Waals surface area contributed by atoms with E-state index in [1.165, 1.54) is 13.2 Å². The molecule has 138 valence electrons. The Kier molecular flexibility index (Phi) is 5.88. The van der Waals surface area contributed by atoms with Crippen molar-refractivity contribution in [3.63, 3.8) is 0 Å². The lowest BCUT2D eigenvalue weighted by Gasteiger charge is -2.05. The average Bonchev–Trinajstić information content (AvgIpc) is 3.10. The van der Waals surface area contributed by atoms with Crippen LogP contribution in [0.25, 0.3) is 11.5 Å². The van der Waals surface area contributed by atoms with Gasteiger partial charge < -0.3 is 14.6 Å². The molecule has 1 aromatic heterocycles. The zero-order valence-corrected chi connectivity index (χ0v) is 15.7. The maximum atomic E-state index is 11.2. The van der Waals surface area contributed by atoms with Crippen LogP contribution in [0.5, 0.6) is 0 Å². The Hall–Kier alpha value is -3.12. The van der Waals surface area contributed by atoms with E-state index in [0.29, 0.717) is 28.0 Å². The second-order valence-electron chi connectivity index (χ2n) is 5.84. The number of aromatic nitrogens is 1. The first-order valence-electron chi connectivity index (χ1n) is 8.27. The standard InChI is InChI=1S/C20H18ClN3O3/c1-13(15-6-5-7-16(10-15)22-14(2)25)24-27-12-17-11-26-20(23-17)18-8-3-4-9-19(18)21/h3-11H,12H2,1-2H3,(H,22,25)/b24-13+. The van der Waals surface area contributed by atoms with Crippen LogP contribution in [0.3, 0.4) is 0 Å². The van der Waals surface area contributed by atoms with E-state index in [1.54, 1.807) is 6.07 Å². The number of halogens is 1. The lowest BCUT2D eigenvalue weighted by Crippen LogP contribution is -2.06. The van der Waals surface area contributed by atoms with Crippen LogP contribution < -0.4 is 5.32 Å². The van der Waals surface area contributed by atoms with Crippen molar-refractivity contribution in [3.8, 4) is 11.5 Å². The van der Waals surface area contributed by atoms with Gasteiger partial charge in [-0.15, -0.1) is 0 Å². The van der Waals surface area contributed by atoms with Gasteiger partial charge in [-0.05, 0) is 31.2 Å². The van der Waals surface area contributed by atoms with Gasteiger partial charge in [0.1, 0.15) is 12.0 Å². The molecular formula is C20H18ClN3O3. The fourth-order valence-electron chi connectivity index (χ4n) is 2.40. The van der Waals surface area contributed by atoms with Crippen LogP contribution in [-0.2, 0) is 16.2 Å². The average molecular weight is 384 g/mol. The lowest BCUT2D eigenvalue weighted by molar-refractivity contribution is -0.114. The summed E-state index contributed by atoms with van der Waals surface area (Å²) in [6.07, 6.45) is 1.51. The first-order chi connectivity index (χ1) is 13.0. The van der Waals surface area contributed by atoms with Crippen molar-refractivity contribution in [1.82, 2.24) is 4.98 Å². The predicted molar refractivity (Wildman–Crippen MR) is 105 cm³/mol. The first kappa shape index (κ1) is 18.7. The number of hydrogen-bond acceptors (Lipinski definition) is 5. The zero-order valence-electron chi connectivity index (χ0n) is 14.9. The van der Waals surface area contributed by atoms with Crippen LogP contribution in [0.1, 0.15) is 25.1 Å². The Labute approximate surface area is 161 Å². The second-order valence-corrected chi connectivity index (χ2v) is 6.24. The molecule has 0 radical (unpaired) electrons. The van der Waals surface area contributed by atoms with Gasteiger partial charge in [0.05, 0.1) is 16.3 Å². The van der Waals surface area contributed by atoms with Crippen molar-refractivity contribution in [2.75, 3.05) is 5.32 Å².